The van der Waals surface area contributed by atoms with Gasteiger partial charge in [-0.05, 0) is 49.9 Å². The van der Waals surface area contributed by atoms with Crippen LogP contribution in [0.3, 0.4) is 0 Å². The molecule has 28 heavy (non-hydrogen) atoms. The number of hydrogen-bond acceptors (Lipinski definition) is 3. The van der Waals surface area contributed by atoms with E-state index in [4.69, 9.17) is 16.3 Å². The van der Waals surface area contributed by atoms with Gasteiger partial charge >= 0.3 is 0 Å². The summed E-state index contributed by atoms with van der Waals surface area (Å²) >= 11 is 6.46. The van der Waals surface area contributed by atoms with Gasteiger partial charge in [0.2, 0.25) is 0 Å². The first-order valence-corrected chi connectivity index (χ1v) is 11.8. The number of nitrogens with zero attached hydrogens (tertiary/aromatic N) is 1. The number of likely N-dealkylation sites (tertiary alicyclic amines) is 1. The summed E-state index contributed by atoms with van der Waals surface area (Å²) in [6.45, 7) is 8.31. The van der Waals surface area contributed by atoms with E-state index in [-0.39, 0.29) is 12.0 Å². The van der Waals surface area contributed by atoms with Crippen molar-refractivity contribution in [3.63, 3.8) is 0 Å². The Morgan fingerprint density at radius 1 is 1.07 bits per heavy atom. The summed E-state index contributed by atoms with van der Waals surface area (Å²) in [7, 11) is 0. The lowest BCUT2D eigenvalue weighted by molar-refractivity contribution is 0.0270. The first-order valence-electron chi connectivity index (χ1n) is 11.5. The molecule has 2 rings (SSSR count). The topological polar surface area (TPSA) is 32.7 Å². The number of hydrogen-bond donors (Lipinski definition) is 1. The van der Waals surface area contributed by atoms with Gasteiger partial charge in [0.15, 0.2) is 0 Å². The number of unbranched alkanes of at least 4 members (excludes halogenated alkanes) is 6. The Hall–Kier alpha value is -0.770. The van der Waals surface area contributed by atoms with Crippen molar-refractivity contribution in [2.24, 2.45) is 5.92 Å². The quantitative estimate of drug-likeness (QED) is 0.399. The fraction of sp³-hybridized carbons (Fsp3) is 0.750. The number of benzene rings is 1. The van der Waals surface area contributed by atoms with Gasteiger partial charge in [0.25, 0.3) is 0 Å². The lowest BCUT2D eigenvalue weighted by Crippen LogP contribution is -2.44. The van der Waals surface area contributed by atoms with E-state index in [0.717, 1.165) is 51.3 Å². The van der Waals surface area contributed by atoms with Gasteiger partial charge in [0.05, 0.1) is 17.7 Å². The minimum atomic E-state index is -0.208. The minimum absolute atomic E-state index is 0.208. The number of piperidine rings is 1. The van der Waals surface area contributed by atoms with Gasteiger partial charge in [-0.15, -0.1) is 0 Å². The summed E-state index contributed by atoms with van der Waals surface area (Å²) in [6, 6.07) is 6.13. The molecule has 3 nitrogen and oxygen atoms in total. The highest BCUT2D eigenvalue weighted by atomic mass is 35.5. The third-order valence-corrected chi connectivity index (χ3v) is 6.11. The van der Waals surface area contributed by atoms with Crippen LogP contribution >= 0.6 is 11.6 Å². The molecule has 1 aromatic rings. The molecule has 4 heteroatoms. The molecule has 0 aromatic heterocycles. The van der Waals surface area contributed by atoms with Crippen molar-refractivity contribution in [2.75, 3.05) is 26.2 Å². The van der Waals surface area contributed by atoms with Gasteiger partial charge in [-0.2, -0.15) is 0 Å². The van der Waals surface area contributed by atoms with Crippen molar-refractivity contribution in [3.05, 3.63) is 28.8 Å². The smallest absolute Gasteiger partial charge is 0.137 e. The normalized spacial score (nSPS) is 20.4. The van der Waals surface area contributed by atoms with Crippen LogP contribution < -0.4 is 4.74 Å². The van der Waals surface area contributed by atoms with Gasteiger partial charge in [0, 0.05) is 19.0 Å². The predicted octanol–water partition coefficient (Wildman–Crippen LogP) is 6.10. The van der Waals surface area contributed by atoms with Crippen LogP contribution in [0, 0.1) is 5.92 Å². The molecular formula is C24H40ClNO2. The number of ether oxygens (including phenoxy) is 1. The van der Waals surface area contributed by atoms with Crippen LogP contribution in [0.5, 0.6) is 5.75 Å². The number of rotatable bonds is 13. The molecule has 1 fully saturated rings. The van der Waals surface area contributed by atoms with E-state index in [9.17, 15) is 5.11 Å². The zero-order valence-electron chi connectivity index (χ0n) is 18.0. The maximum atomic E-state index is 10.4. The summed E-state index contributed by atoms with van der Waals surface area (Å²) in [6.07, 6.45) is 11.7. The molecule has 1 aliphatic rings. The van der Waals surface area contributed by atoms with E-state index in [2.05, 4.69) is 24.8 Å². The van der Waals surface area contributed by atoms with Crippen LogP contribution in [0.2, 0.25) is 5.02 Å². The zero-order chi connectivity index (χ0) is 20.2. The summed E-state index contributed by atoms with van der Waals surface area (Å²) in [5.74, 6) is 1.07. The summed E-state index contributed by atoms with van der Waals surface area (Å²) in [5, 5.41) is 11.1. The third kappa shape index (κ3) is 8.31. The Morgan fingerprint density at radius 2 is 1.82 bits per heavy atom. The number of halogens is 1. The molecule has 0 radical (unpaired) electrons. The lowest BCUT2D eigenvalue weighted by Gasteiger charge is -2.36. The van der Waals surface area contributed by atoms with Crippen molar-refractivity contribution < 1.29 is 9.84 Å². The largest absolute Gasteiger partial charge is 0.492 e. The lowest BCUT2D eigenvalue weighted by atomic mass is 9.88. The predicted molar refractivity (Wildman–Crippen MR) is 119 cm³/mol. The molecule has 1 saturated heterocycles. The second-order valence-corrected chi connectivity index (χ2v) is 8.76. The fourth-order valence-electron chi connectivity index (χ4n) is 4.15. The van der Waals surface area contributed by atoms with E-state index in [1.165, 1.54) is 50.5 Å². The summed E-state index contributed by atoms with van der Waals surface area (Å²) in [5.41, 5.74) is 1.19. The second-order valence-electron chi connectivity index (χ2n) is 8.36. The van der Waals surface area contributed by atoms with Gasteiger partial charge in [-0.25, -0.2) is 0 Å². The molecule has 0 amide bonds. The molecular weight excluding hydrogens is 370 g/mol. The molecule has 2 atom stereocenters. The van der Waals surface area contributed by atoms with E-state index >= 15 is 0 Å². The second kappa shape index (κ2) is 13.5. The number of aliphatic hydroxyl groups is 1. The van der Waals surface area contributed by atoms with Gasteiger partial charge < -0.3 is 14.7 Å². The maximum Gasteiger partial charge on any atom is 0.137 e. The average molecular weight is 410 g/mol. The SMILES string of the molecule is CCCCCCCCCOc1ccc(CC2CN(CCC)CCC2O)cc1Cl. The van der Waals surface area contributed by atoms with Crippen molar-refractivity contribution in [1.82, 2.24) is 4.90 Å². The average Bonchev–Trinajstić information content (AvgIpc) is 2.68. The zero-order valence-corrected chi connectivity index (χ0v) is 18.7. The Bertz CT molecular complexity index is 551. The van der Waals surface area contributed by atoms with Crippen molar-refractivity contribution in [2.45, 2.75) is 84.2 Å². The highest BCUT2D eigenvalue weighted by Crippen LogP contribution is 2.29. The van der Waals surface area contributed by atoms with E-state index < -0.39 is 0 Å². The van der Waals surface area contributed by atoms with Crippen LogP contribution in [0.25, 0.3) is 0 Å². The molecule has 0 spiro atoms. The standard InChI is InChI=1S/C24H40ClNO2/c1-3-5-6-7-8-9-10-16-28-24-12-11-20(18-22(24)25)17-21-19-26(14-4-2)15-13-23(21)27/h11-12,18,21,23,27H,3-10,13-17,19H2,1-2H3. The van der Waals surface area contributed by atoms with Crippen LogP contribution in [0.15, 0.2) is 18.2 Å². The monoisotopic (exact) mass is 409 g/mol. The van der Waals surface area contributed by atoms with E-state index in [1.54, 1.807) is 0 Å². The fourth-order valence-corrected chi connectivity index (χ4v) is 4.41. The highest BCUT2D eigenvalue weighted by Gasteiger charge is 2.27. The van der Waals surface area contributed by atoms with Crippen LogP contribution in [0.4, 0.5) is 0 Å². The van der Waals surface area contributed by atoms with Gasteiger partial charge in [-0.1, -0.05) is 70.0 Å². The Balaban J connectivity index is 1.73. The molecule has 0 bridgehead atoms. The molecule has 1 aliphatic heterocycles. The van der Waals surface area contributed by atoms with Crippen molar-refractivity contribution in [3.8, 4) is 5.75 Å². The Morgan fingerprint density at radius 3 is 2.54 bits per heavy atom. The molecule has 1 N–H and O–H groups in total. The van der Waals surface area contributed by atoms with Crippen molar-refractivity contribution in [1.29, 1.82) is 0 Å². The van der Waals surface area contributed by atoms with Crippen molar-refractivity contribution >= 4 is 11.6 Å². The Kier molecular flexibility index (Phi) is 11.3. The first-order chi connectivity index (χ1) is 13.6. The molecule has 0 aliphatic carbocycles. The summed E-state index contributed by atoms with van der Waals surface area (Å²) in [4.78, 5) is 2.47. The van der Waals surface area contributed by atoms with Crippen LogP contribution in [-0.2, 0) is 6.42 Å². The maximum absolute atomic E-state index is 10.4. The Labute approximate surface area is 177 Å². The van der Waals surface area contributed by atoms with Crippen LogP contribution in [-0.4, -0.2) is 42.4 Å². The highest BCUT2D eigenvalue weighted by molar-refractivity contribution is 6.32. The first kappa shape index (κ1) is 23.5. The molecule has 1 aromatic carbocycles. The molecule has 2 unspecified atom stereocenters. The third-order valence-electron chi connectivity index (χ3n) is 5.82. The number of aliphatic hydroxyl groups excluding tert-OH is 1. The van der Waals surface area contributed by atoms with Crippen LogP contribution in [0.1, 0.15) is 77.2 Å². The summed E-state index contributed by atoms with van der Waals surface area (Å²) < 4.78 is 5.89. The van der Waals surface area contributed by atoms with E-state index in [0.29, 0.717) is 5.02 Å². The molecule has 1 heterocycles. The van der Waals surface area contributed by atoms with Gasteiger partial charge in [-0.3, -0.25) is 0 Å². The van der Waals surface area contributed by atoms with Gasteiger partial charge in [0.1, 0.15) is 5.75 Å². The minimum Gasteiger partial charge on any atom is -0.492 e. The molecule has 160 valence electrons. The molecule has 0 saturated carbocycles. The van der Waals surface area contributed by atoms with E-state index in [1.807, 2.05) is 12.1 Å².